The van der Waals surface area contributed by atoms with E-state index in [4.69, 9.17) is 4.74 Å². The molecule has 2 N–H and O–H groups in total. The molecule has 0 atom stereocenters. The number of hydrogen-bond donors (Lipinski definition) is 2. The molecule has 1 aliphatic carbocycles. The Morgan fingerprint density at radius 2 is 2.08 bits per heavy atom. The van der Waals surface area contributed by atoms with Crippen LogP contribution in [0.3, 0.4) is 0 Å². The SMILES string of the molecule is COc1ccccc1NC(=O)CSc1nnc(NC2CCCCC2)s1. The van der Waals surface area contributed by atoms with Gasteiger partial charge >= 0.3 is 0 Å². The Labute approximate surface area is 155 Å². The fraction of sp³-hybridized carbons (Fsp3) is 0.471. The molecule has 0 aliphatic heterocycles. The molecule has 1 aromatic heterocycles. The molecule has 0 bridgehead atoms. The number of ether oxygens (including phenoxy) is 1. The van der Waals surface area contributed by atoms with Crippen LogP contribution in [0.2, 0.25) is 0 Å². The molecule has 1 heterocycles. The van der Waals surface area contributed by atoms with E-state index in [0.29, 0.717) is 17.5 Å². The van der Waals surface area contributed by atoms with Crippen molar-refractivity contribution < 1.29 is 9.53 Å². The van der Waals surface area contributed by atoms with Crippen molar-refractivity contribution in [3.63, 3.8) is 0 Å². The van der Waals surface area contributed by atoms with Crippen molar-refractivity contribution in [2.45, 2.75) is 42.5 Å². The first kappa shape index (κ1) is 18.0. The number of thioether (sulfide) groups is 1. The summed E-state index contributed by atoms with van der Waals surface area (Å²) in [6.45, 7) is 0. The van der Waals surface area contributed by atoms with E-state index in [1.807, 2.05) is 24.3 Å². The summed E-state index contributed by atoms with van der Waals surface area (Å²) in [5.74, 6) is 0.845. The number of para-hydroxylation sites is 2. The molecule has 1 aromatic carbocycles. The zero-order chi connectivity index (χ0) is 17.5. The second-order valence-electron chi connectivity index (χ2n) is 5.89. The number of anilines is 2. The number of carbonyl (C=O) groups excluding carboxylic acids is 1. The van der Waals surface area contributed by atoms with Crippen molar-refractivity contribution >= 4 is 39.8 Å². The summed E-state index contributed by atoms with van der Waals surface area (Å²) in [6, 6.07) is 7.87. The molecular formula is C17H22N4O2S2. The van der Waals surface area contributed by atoms with Gasteiger partial charge < -0.3 is 15.4 Å². The van der Waals surface area contributed by atoms with Crippen LogP contribution in [0.4, 0.5) is 10.8 Å². The van der Waals surface area contributed by atoms with E-state index in [2.05, 4.69) is 20.8 Å². The van der Waals surface area contributed by atoms with Gasteiger partial charge in [0, 0.05) is 6.04 Å². The van der Waals surface area contributed by atoms with Crippen LogP contribution in [0.1, 0.15) is 32.1 Å². The van der Waals surface area contributed by atoms with E-state index >= 15 is 0 Å². The second kappa shape index (κ2) is 9.05. The van der Waals surface area contributed by atoms with Crippen LogP contribution in [-0.2, 0) is 4.79 Å². The molecule has 0 unspecified atom stereocenters. The molecule has 1 saturated carbocycles. The van der Waals surface area contributed by atoms with Gasteiger partial charge in [0.05, 0.1) is 18.6 Å². The van der Waals surface area contributed by atoms with E-state index in [1.54, 1.807) is 7.11 Å². The summed E-state index contributed by atoms with van der Waals surface area (Å²) in [5.41, 5.74) is 0.674. The fourth-order valence-corrected chi connectivity index (χ4v) is 4.44. The van der Waals surface area contributed by atoms with Crippen LogP contribution < -0.4 is 15.4 Å². The molecule has 25 heavy (non-hydrogen) atoms. The molecule has 0 saturated heterocycles. The van der Waals surface area contributed by atoms with E-state index < -0.39 is 0 Å². The normalized spacial score (nSPS) is 14.9. The van der Waals surface area contributed by atoms with Gasteiger partial charge in [-0.3, -0.25) is 4.79 Å². The molecule has 2 aromatic rings. The van der Waals surface area contributed by atoms with Gasteiger partial charge in [0.15, 0.2) is 4.34 Å². The Hall–Kier alpha value is -1.80. The fourth-order valence-electron chi connectivity index (χ4n) is 2.81. The highest BCUT2D eigenvalue weighted by Gasteiger charge is 2.16. The Bertz CT molecular complexity index is 701. The van der Waals surface area contributed by atoms with Crippen LogP contribution >= 0.6 is 23.1 Å². The lowest BCUT2D eigenvalue weighted by atomic mass is 9.96. The lowest BCUT2D eigenvalue weighted by Crippen LogP contribution is -2.21. The van der Waals surface area contributed by atoms with Gasteiger partial charge in [0.1, 0.15) is 5.75 Å². The maximum Gasteiger partial charge on any atom is 0.234 e. The third-order valence-electron chi connectivity index (χ3n) is 4.05. The number of aromatic nitrogens is 2. The van der Waals surface area contributed by atoms with E-state index in [9.17, 15) is 4.79 Å². The third-order valence-corrected chi connectivity index (χ3v) is 6.03. The third kappa shape index (κ3) is 5.34. The number of nitrogens with one attached hydrogen (secondary N) is 2. The highest BCUT2D eigenvalue weighted by Crippen LogP contribution is 2.29. The van der Waals surface area contributed by atoms with Crippen molar-refractivity contribution in [2.75, 3.05) is 23.5 Å². The number of amides is 1. The lowest BCUT2D eigenvalue weighted by molar-refractivity contribution is -0.113. The summed E-state index contributed by atoms with van der Waals surface area (Å²) < 4.78 is 6.03. The van der Waals surface area contributed by atoms with Crippen LogP contribution in [-0.4, -0.2) is 35.0 Å². The number of benzene rings is 1. The molecule has 8 heteroatoms. The van der Waals surface area contributed by atoms with Crippen molar-refractivity contribution in [1.82, 2.24) is 10.2 Å². The van der Waals surface area contributed by atoms with Crippen LogP contribution in [0, 0.1) is 0 Å². The Kier molecular flexibility index (Phi) is 6.52. The van der Waals surface area contributed by atoms with Gasteiger partial charge in [-0.1, -0.05) is 54.5 Å². The number of rotatable bonds is 7. The van der Waals surface area contributed by atoms with Crippen molar-refractivity contribution in [3.8, 4) is 5.75 Å². The molecule has 6 nitrogen and oxygen atoms in total. The summed E-state index contributed by atoms with van der Waals surface area (Å²) in [5, 5.41) is 15.5. The lowest BCUT2D eigenvalue weighted by Gasteiger charge is -2.21. The topological polar surface area (TPSA) is 76.1 Å². The van der Waals surface area contributed by atoms with Gasteiger partial charge in [-0.2, -0.15) is 0 Å². The van der Waals surface area contributed by atoms with Crippen molar-refractivity contribution in [3.05, 3.63) is 24.3 Å². The van der Waals surface area contributed by atoms with Crippen LogP contribution in [0.25, 0.3) is 0 Å². The first-order chi connectivity index (χ1) is 12.2. The second-order valence-corrected chi connectivity index (χ2v) is 8.09. The predicted octanol–water partition coefficient (Wildman–Crippen LogP) is 4.02. The highest BCUT2D eigenvalue weighted by atomic mass is 32.2. The quantitative estimate of drug-likeness (QED) is 0.709. The maximum atomic E-state index is 12.1. The predicted molar refractivity (Wildman–Crippen MR) is 103 cm³/mol. The molecule has 1 amide bonds. The molecule has 3 rings (SSSR count). The Balaban J connectivity index is 1.47. The smallest absolute Gasteiger partial charge is 0.234 e. The zero-order valence-electron chi connectivity index (χ0n) is 14.2. The summed E-state index contributed by atoms with van der Waals surface area (Å²) in [7, 11) is 1.59. The van der Waals surface area contributed by atoms with Crippen molar-refractivity contribution in [2.24, 2.45) is 0 Å². The Morgan fingerprint density at radius 1 is 1.28 bits per heavy atom. The first-order valence-electron chi connectivity index (χ1n) is 8.40. The highest BCUT2D eigenvalue weighted by molar-refractivity contribution is 8.01. The van der Waals surface area contributed by atoms with E-state index in [-0.39, 0.29) is 11.7 Å². The Morgan fingerprint density at radius 3 is 2.88 bits per heavy atom. The van der Waals surface area contributed by atoms with Gasteiger partial charge in [0.2, 0.25) is 11.0 Å². The van der Waals surface area contributed by atoms with E-state index in [1.165, 1.54) is 55.2 Å². The average Bonchev–Trinajstić information content (AvgIpc) is 3.09. The zero-order valence-corrected chi connectivity index (χ0v) is 15.8. The number of carbonyl (C=O) groups is 1. The number of hydrogen-bond acceptors (Lipinski definition) is 7. The molecule has 0 radical (unpaired) electrons. The standard InChI is InChI=1S/C17H22N4O2S2/c1-23-14-10-6-5-9-13(14)19-15(22)11-24-17-21-20-16(25-17)18-12-7-3-2-4-8-12/h5-6,9-10,12H,2-4,7-8,11H2,1H3,(H,18,20)(H,19,22). The largest absolute Gasteiger partial charge is 0.495 e. The summed E-state index contributed by atoms with van der Waals surface area (Å²) in [6.07, 6.45) is 6.28. The maximum absolute atomic E-state index is 12.1. The van der Waals surface area contributed by atoms with Crippen molar-refractivity contribution in [1.29, 1.82) is 0 Å². The minimum absolute atomic E-state index is 0.0912. The minimum atomic E-state index is -0.0912. The summed E-state index contributed by atoms with van der Waals surface area (Å²) >= 11 is 2.90. The molecule has 1 fully saturated rings. The molecule has 134 valence electrons. The summed E-state index contributed by atoms with van der Waals surface area (Å²) in [4.78, 5) is 12.1. The van der Waals surface area contributed by atoms with Gasteiger partial charge in [-0.15, -0.1) is 10.2 Å². The number of methoxy groups -OCH3 is 1. The first-order valence-corrected chi connectivity index (χ1v) is 10.2. The molecular weight excluding hydrogens is 356 g/mol. The minimum Gasteiger partial charge on any atom is -0.495 e. The monoisotopic (exact) mass is 378 g/mol. The van der Waals surface area contributed by atoms with Gasteiger partial charge in [-0.25, -0.2) is 0 Å². The van der Waals surface area contributed by atoms with Gasteiger partial charge in [-0.05, 0) is 25.0 Å². The van der Waals surface area contributed by atoms with Crippen LogP contribution in [0.15, 0.2) is 28.6 Å². The average molecular weight is 379 g/mol. The number of nitrogens with zero attached hydrogens (tertiary/aromatic N) is 2. The van der Waals surface area contributed by atoms with Crippen LogP contribution in [0.5, 0.6) is 5.75 Å². The molecule has 0 spiro atoms. The van der Waals surface area contributed by atoms with E-state index in [0.717, 1.165) is 9.47 Å². The van der Waals surface area contributed by atoms with Gasteiger partial charge in [0.25, 0.3) is 0 Å². The molecule has 1 aliphatic rings.